The summed E-state index contributed by atoms with van der Waals surface area (Å²) in [4.78, 5) is 29.1. The van der Waals surface area contributed by atoms with Gasteiger partial charge < -0.3 is 10.2 Å². The van der Waals surface area contributed by atoms with Crippen molar-refractivity contribution in [1.29, 1.82) is 0 Å². The number of anilines is 1. The van der Waals surface area contributed by atoms with Crippen LogP contribution in [0, 0.1) is 5.82 Å². The largest absolute Gasteiger partial charge is 0.354 e. The zero-order valence-electron chi connectivity index (χ0n) is 23.7. The summed E-state index contributed by atoms with van der Waals surface area (Å²) in [6.45, 7) is 1.79. The number of benzene rings is 4. The van der Waals surface area contributed by atoms with Crippen molar-refractivity contribution in [3.8, 4) is 0 Å². The van der Waals surface area contributed by atoms with Crippen LogP contribution in [0.1, 0.15) is 24.5 Å². The lowest BCUT2D eigenvalue weighted by atomic mass is 10.0. The van der Waals surface area contributed by atoms with Gasteiger partial charge in [-0.05, 0) is 66.1 Å². The molecule has 4 aromatic carbocycles. The highest BCUT2D eigenvalue weighted by Gasteiger charge is 2.34. The van der Waals surface area contributed by atoms with Crippen LogP contribution in [-0.2, 0) is 32.6 Å². The lowest BCUT2D eigenvalue weighted by molar-refractivity contribution is -0.140. The Morgan fingerprint density at radius 1 is 0.837 bits per heavy atom. The fourth-order valence-electron chi connectivity index (χ4n) is 4.56. The van der Waals surface area contributed by atoms with Gasteiger partial charge in [0.1, 0.15) is 18.4 Å². The number of halogens is 2. The van der Waals surface area contributed by atoms with E-state index in [-0.39, 0.29) is 29.5 Å². The first-order valence-corrected chi connectivity index (χ1v) is 15.7. The van der Waals surface area contributed by atoms with Crippen molar-refractivity contribution >= 4 is 39.1 Å². The molecule has 0 aliphatic heterocycles. The number of amides is 2. The van der Waals surface area contributed by atoms with Crippen molar-refractivity contribution in [3.05, 3.63) is 131 Å². The highest BCUT2D eigenvalue weighted by Crippen LogP contribution is 2.25. The predicted molar refractivity (Wildman–Crippen MR) is 167 cm³/mol. The molecule has 2 amide bonds. The minimum atomic E-state index is -4.30. The van der Waals surface area contributed by atoms with Crippen molar-refractivity contribution in [2.24, 2.45) is 0 Å². The van der Waals surface area contributed by atoms with Gasteiger partial charge in [-0.3, -0.25) is 13.9 Å². The number of rotatable bonds is 13. The molecule has 0 saturated heterocycles. The Balaban J connectivity index is 1.77. The third-order valence-corrected chi connectivity index (χ3v) is 8.85. The molecule has 0 fully saturated rings. The average Bonchev–Trinajstić information content (AvgIpc) is 3.02. The van der Waals surface area contributed by atoms with E-state index in [4.69, 9.17) is 11.6 Å². The molecule has 0 radical (unpaired) electrons. The second-order valence-electron chi connectivity index (χ2n) is 9.95. The van der Waals surface area contributed by atoms with Crippen LogP contribution in [0.2, 0.25) is 5.02 Å². The van der Waals surface area contributed by atoms with E-state index < -0.39 is 34.3 Å². The molecule has 1 unspecified atom stereocenters. The number of hydrogen-bond acceptors (Lipinski definition) is 4. The molecule has 0 aliphatic carbocycles. The minimum Gasteiger partial charge on any atom is -0.354 e. The summed E-state index contributed by atoms with van der Waals surface area (Å²) < 4.78 is 42.4. The zero-order chi connectivity index (χ0) is 30.8. The number of hydrogen-bond donors (Lipinski definition) is 1. The molecule has 1 N–H and O–H groups in total. The van der Waals surface area contributed by atoms with Crippen LogP contribution < -0.4 is 9.62 Å². The first kappa shape index (κ1) is 31.7. The highest BCUT2D eigenvalue weighted by atomic mass is 35.5. The predicted octanol–water partition coefficient (Wildman–Crippen LogP) is 5.84. The molecule has 0 aromatic heterocycles. The molecule has 224 valence electrons. The topological polar surface area (TPSA) is 86.8 Å². The van der Waals surface area contributed by atoms with Crippen LogP contribution in [0.5, 0.6) is 0 Å². The monoisotopic (exact) mass is 621 g/mol. The Kier molecular flexibility index (Phi) is 10.9. The molecule has 4 rings (SSSR count). The first-order chi connectivity index (χ1) is 20.7. The summed E-state index contributed by atoms with van der Waals surface area (Å²) in [6.07, 6.45) is 0.915. The maximum Gasteiger partial charge on any atom is 0.264 e. The summed E-state index contributed by atoms with van der Waals surface area (Å²) in [7, 11) is -4.30. The lowest BCUT2D eigenvalue weighted by Gasteiger charge is -2.34. The van der Waals surface area contributed by atoms with E-state index in [2.05, 4.69) is 5.32 Å². The number of nitrogens with zero attached hydrogens (tertiary/aromatic N) is 2. The summed E-state index contributed by atoms with van der Waals surface area (Å²) in [6, 6.07) is 27.9. The Hall–Kier alpha value is -4.21. The van der Waals surface area contributed by atoms with Crippen molar-refractivity contribution in [1.82, 2.24) is 10.2 Å². The molecule has 0 aliphatic rings. The number of carbonyl (C=O) groups is 2. The van der Waals surface area contributed by atoms with E-state index in [9.17, 15) is 22.4 Å². The standard InChI is InChI=1S/C33H33ClFN3O4S/c1-2-21-36-33(40)31(22-25-9-5-3-6-10-25)37(23-26-13-15-27(34)16-14-26)32(39)24-38(29-11-7-4-8-12-29)43(41,42)30-19-17-28(35)18-20-30/h3-20,31H,2,21-24H2,1H3,(H,36,40). The molecule has 0 bridgehead atoms. The van der Waals surface area contributed by atoms with Crippen LogP contribution in [0.4, 0.5) is 10.1 Å². The van der Waals surface area contributed by atoms with Crippen LogP contribution in [-0.4, -0.2) is 44.3 Å². The number of nitrogens with one attached hydrogen (secondary N) is 1. The highest BCUT2D eigenvalue weighted by molar-refractivity contribution is 7.92. The van der Waals surface area contributed by atoms with Gasteiger partial charge >= 0.3 is 0 Å². The Morgan fingerprint density at radius 2 is 1.44 bits per heavy atom. The van der Waals surface area contributed by atoms with E-state index in [0.717, 1.165) is 34.1 Å². The normalized spacial score (nSPS) is 11.9. The van der Waals surface area contributed by atoms with E-state index >= 15 is 0 Å². The molecule has 4 aromatic rings. The second kappa shape index (κ2) is 14.8. The number of para-hydroxylation sites is 1. The molecular weight excluding hydrogens is 589 g/mol. The second-order valence-corrected chi connectivity index (χ2v) is 12.2. The van der Waals surface area contributed by atoms with Gasteiger partial charge in [0.05, 0.1) is 10.6 Å². The fraction of sp³-hybridized carbons (Fsp3) is 0.212. The quantitative estimate of drug-likeness (QED) is 0.203. The molecule has 43 heavy (non-hydrogen) atoms. The molecule has 10 heteroatoms. The van der Waals surface area contributed by atoms with Crippen molar-refractivity contribution in [2.45, 2.75) is 37.2 Å². The zero-order valence-corrected chi connectivity index (χ0v) is 25.3. The molecule has 7 nitrogen and oxygen atoms in total. The Bertz CT molecular complexity index is 1600. The first-order valence-electron chi connectivity index (χ1n) is 13.9. The van der Waals surface area contributed by atoms with Gasteiger partial charge in [-0.1, -0.05) is 79.2 Å². The van der Waals surface area contributed by atoms with Crippen molar-refractivity contribution in [2.75, 3.05) is 17.4 Å². The Labute approximate surface area is 257 Å². The van der Waals surface area contributed by atoms with Gasteiger partial charge in [0, 0.05) is 24.5 Å². The van der Waals surface area contributed by atoms with Gasteiger partial charge in [0.15, 0.2) is 0 Å². The van der Waals surface area contributed by atoms with Gasteiger partial charge in [-0.2, -0.15) is 0 Å². The van der Waals surface area contributed by atoms with Gasteiger partial charge in [0.2, 0.25) is 11.8 Å². The van der Waals surface area contributed by atoms with Gasteiger partial charge in [0.25, 0.3) is 10.0 Å². The van der Waals surface area contributed by atoms with Crippen LogP contribution in [0.3, 0.4) is 0 Å². The smallest absolute Gasteiger partial charge is 0.264 e. The summed E-state index contributed by atoms with van der Waals surface area (Å²) in [5.41, 5.74) is 1.81. The maximum absolute atomic E-state index is 14.3. The Morgan fingerprint density at radius 3 is 2.05 bits per heavy atom. The van der Waals surface area contributed by atoms with Crippen LogP contribution in [0.15, 0.2) is 114 Å². The third kappa shape index (κ3) is 8.43. The van der Waals surface area contributed by atoms with E-state index in [1.807, 2.05) is 37.3 Å². The SMILES string of the molecule is CCCNC(=O)C(Cc1ccccc1)N(Cc1ccc(Cl)cc1)C(=O)CN(c1ccccc1)S(=O)(=O)c1ccc(F)cc1. The molecule has 0 spiro atoms. The number of carbonyl (C=O) groups excluding carboxylic acids is 2. The summed E-state index contributed by atoms with van der Waals surface area (Å²) >= 11 is 6.10. The summed E-state index contributed by atoms with van der Waals surface area (Å²) in [5, 5.41) is 3.43. The average molecular weight is 622 g/mol. The third-order valence-electron chi connectivity index (χ3n) is 6.81. The molecule has 1 atom stereocenters. The van der Waals surface area contributed by atoms with E-state index in [1.54, 1.807) is 54.6 Å². The van der Waals surface area contributed by atoms with Gasteiger partial charge in [-0.25, -0.2) is 12.8 Å². The van der Waals surface area contributed by atoms with Gasteiger partial charge in [-0.15, -0.1) is 0 Å². The van der Waals surface area contributed by atoms with Crippen molar-refractivity contribution < 1.29 is 22.4 Å². The maximum atomic E-state index is 14.3. The van der Waals surface area contributed by atoms with Crippen LogP contribution in [0.25, 0.3) is 0 Å². The fourth-order valence-corrected chi connectivity index (χ4v) is 6.10. The number of sulfonamides is 1. The van der Waals surface area contributed by atoms with Crippen molar-refractivity contribution in [3.63, 3.8) is 0 Å². The van der Waals surface area contributed by atoms with E-state index in [1.165, 1.54) is 4.90 Å². The molecule has 0 heterocycles. The minimum absolute atomic E-state index is 0.0340. The molecule has 0 saturated carbocycles. The molecular formula is C33H33ClFN3O4S. The van der Waals surface area contributed by atoms with E-state index in [0.29, 0.717) is 23.6 Å². The van der Waals surface area contributed by atoms with Crippen LogP contribution >= 0.6 is 11.6 Å². The summed E-state index contributed by atoms with van der Waals surface area (Å²) in [5.74, 6) is -1.52. The lowest BCUT2D eigenvalue weighted by Crippen LogP contribution is -2.53.